The third-order valence-corrected chi connectivity index (χ3v) is 6.85. The Labute approximate surface area is 313 Å². The molecule has 3 rings (SSSR count). The van der Waals surface area contributed by atoms with Gasteiger partial charge in [0, 0.05) is 27.9 Å². The molecule has 0 aliphatic rings. The maximum atomic E-state index is 16.7. The van der Waals surface area contributed by atoms with Gasteiger partial charge >= 0.3 is 36.0 Å². The second-order valence-corrected chi connectivity index (χ2v) is 11.8. The maximum absolute atomic E-state index is 16.7. The van der Waals surface area contributed by atoms with Crippen molar-refractivity contribution in [2.45, 2.75) is 40.8 Å². The first-order valence-electron chi connectivity index (χ1n) is 15.7. The van der Waals surface area contributed by atoms with Gasteiger partial charge < -0.3 is 23.7 Å². The number of esters is 5. The molecular formula is C41H32F4O10. The minimum absolute atomic E-state index is 0.0374. The van der Waals surface area contributed by atoms with Crippen LogP contribution in [0.25, 0.3) is 5.57 Å². The highest BCUT2D eigenvalue weighted by molar-refractivity contribution is 5.94. The predicted octanol–water partition coefficient (Wildman–Crippen LogP) is 8.39. The van der Waals surface area contributed by atoms with Crippen molar-refractivity contribution in [3.63, 3.8) is 0 Å². The van der Waals surface area contributed by atoms with Crippen LogP contribution in [0.2, 0.25) is 0 Å². The SMILES string of the molecule is C=C(C)C(=O)Oc1ccc(C#Cc2c(OC(=O)C(=C)C)c(F)c(/C(C)=C/OC(=O)c3ccc(OC(=O)C(=C)C)cc3)c(OC(=O)C(=C)C)c2C(F)(F)F)cc1. The second-order valence-electron chi connectivity index (χ2n) is 11.8. The van der Waals surface area contributed by atoms with Crippen molar-refractivity contribution in [3.8, 4) is 34.8 Å². The highest BCUT2D eigenvalue weighted by atomic mass is 19.4. The number of benzene rings is 3. The summed E-state index contributed by atoms with van der Waals surface area (Å²) in [6, 6.07) is 10.0. The lowest BCUT2D eigenvalue weighted by molar-refractivity contribution is -0.142. The van der Waals surface area contributed by atoms with Crippen LogP contribution in [0.1, 0.15) is 67.2 Å². The largest absolute Gasteiger partial charge is 0.431 e. The molecule has 0 heterocycles. The lowest BCUT2D eigenvalue weighted by atomic mass is 9.95. The monoisotopic (exact) mass is 760 g/mol. The highest BCUT2D eigenvalue weighted by Crippen LogP contribution is 2.48. The smallest absolute Gasteiger partial charge is 0.421 e. The normalized spacial score (nSPS) is 10.9. The quantitative estimate of drug-likeness (QED) is 0.0469. The Kier molecular flexibility index (Phi) is 13.6. The van der Waals surface area contributed by atoms with Crippen LogP contribution in [-0.2, 0) is 30.1 Å². The summed E-state index contributed by atoms with van der Waals surface area (Å²) < 4.78 is 87.4. The molecule has 3 aromatic rings. The van der Waals surface area contributed by atoms with Crippen LogP contribution in [0.15, 0.2) is 103 Å². The summed E-state index contributed by atoms with van der Waals surface area (Å²) in [5, 5.41) is 0. The van der Waals surface area contributed by atoms with Gasteiger partial charge in [-0.25, -0.2) is 28.4 Å². The molecule has 0 amide bonds. The second kappa shape index (κ2) is 17.7. The fourth-order valence-electron chi connectivity index (χ4n) is 4.03. The van der Waals surface area contributed by atoms with Crippen molar-refractivity contribution in [2.75, 3.05) is 0 Å². The van der Waals surface area contributed by atoms with Crippen molar-refractivity contribution in [1.82, 2.24) is 0 Å². The molecule has 0 aromatic heterocycles. The third-order valence-electron chi connectivity index (χ3n) is 6.85. The standard InChI is InChI=1S/C41H32F4O10/c1-21(2)36(46)52-28-15-10-26(11-16-28)12-19-30-32(41(43,44)45)35(55-39(49)24(7)8)31(33(42)34(30)54-38(48)23(5)6)25(9)20-51-40(50)27-13-17-29(18-14-27)53-37(47)22(3)4/h10-11,13-18,20H,1,3,5,7H2,2,4,6,8-9H3/b25-20+. The minimum atomic E-state index is -5.46. The first-order valence-corrected chi connectivity index (χ1v) is 15.7. The van der Waals surface area contributed by atoms with E-state index < -0.39 is 75.6 Å². The lowest BCUT2D eigenvalue weighted by Crippen LogP contribution is -2.20. The molecule has 10 nitrogen and oxygen atoms in total. The zero-order valence-corrected chi connectivity index (χ0v) is 30.1. The van der Waals surface area contributed by atoms with E-state index in [1.807, 2.05) is 0 Å². The number of carbonyl (C=O) groups excluding carboxylic acids is 5. The van der Waals surface area contributed by atoms with Crippen LogP contribution in [-0.4, -0.2) is 29.8 Å². The number of carbonyl (C=O) groups is 5. The molecule has 284 valence electrons. The lowest BCUT2D eigenvalue weighted by Gasteiger charge is -2.22. The number of hydrogen-bond acceptors (Lipinski definition) is 10. The molecule has 0 aliphatic heterocycles. The van der Waals surface area contributed by atoms with E-state index >= 15 is 17.6 Å². The fourth-order valence-corrected chi connectivity index (χ4v) is 4.03. The average molecular weight is 761 g/mol. The summed E-state index contributed by atoms with van der Waals surface area (Å²) in [5.74, 6) is -4.94. The van der Waals surface area contributed by atoms with Gasteiger partial charge in [0.25, 0.3) is 0 Å². The molecule has 0 N–H and O–H groups in total. The third kappa shape index (κ3) is 11.0. The van der Waals surface area contributed by atoms with Gasteiger partial charge in [-0.3, -0.25) is 0 Å². The van der Waals surface area contributed by atoms with E-state index in [1.165, 1.54) is 62.4 Å². The molecule has 0 aliphatic carbocycles. The highest BCUT2D eigenvalue weighted by Gasteiger charge is 2.43. The number of rotatable bonds is 11. The predicted molar refractivity (Wildman–Crippen MR) is 191 cm³/mol. The van der Waals surface area contributed by atoms with E-state index in [4.69, 9.17) is 23.7 Å². The van der Waals surface area contributed by atoms with Gasteiger partial charge in [-0.15, -0.1) is 0 Å². The van der Waals surface area contributed by atoms with Crippen LogP contribution < -0.4 is 18.9 Å². The van der Waals surface area contributed by atoms with E-state index in [0.29, 0.717) is 6.26 Å². The Morgan fingerprint density at radius 1 is 0.618 bits per heavy atom. The van der Waals surface area contributed by atoms with Crippen molar-refractivity contribution in [2.24, 2.45) is 0 Å². The first-order chi connectivity index (χ1) is 25.6. The first kappa shape index (κ1) is 42.4. The maximum Gasteiger partial charge on any atom is 0.421 e. The van der Waals surface area contributed by atoms with Gasteiger partial charge in [-0.2, -0.15) is 13.2 Å². The minimum Gasteiger partial charge on any atom is -0.431 e. The summed E-state index contributed by atoms with van der Waals surface area (Å²) in [4.78, 5) is 61.9. The Balaban J connectivity index is 2.27. The van der Waals surface area contributed by atoms with Gasteiger partial charge in [0.2, 0.25) is 0 Å². The molecule has 0 unspecified atom stereocenters. The van der Waals surface area contributed by atoms with Crippen LogP contribution in [0.3, 0.4) is 0 Å². The average Bonchev–Trinajstić information content (AvgIpc) is 3.10. The molecule has 0 saturated carbocycles. The molecule has 0 fully saturated rings. The van der Waals surface area contributed by atoms with Crippen molar-refractivity contribution in [3.05, 3.63) is 137 Å². The molecule has 0 spiro atoms. The molecule has 0 saturated heterocycles. The fraction of sp³-hybridized carbons (Fsp3) is 0.146. The van der Waals surface area contributed by atoms with Gasteiger partial charge in [-0.05, 0) is 88.7 Å². The van der Waals surface area contributed by atoms with Crippen molar-refractivity contribution >= 4 is 35.4 Å². The van der Waals surface area contributed by atoms with Crippen LogP contribution in [0.4, 0.5) is 17.6 Å². The summed E-state index contributed by atoms with van der Waals surface area (Å²) in [5.41, 5.74) is -5.27. The van der Waals surface area contributed by atoms with E-state index in [2.05, 4.69) is 38.2 Å². The molecule has 14 heteroatoms. The molecular weight excluding hydrogens is 728 g/mol. The zero-order chi connectivity index (χ0) is 41.4. The Bertz CT molecular complexity index is 2230. The summed E-state index contributed by atoms with van der Waals surface area (Å²) in [6.45, 7) is 19.8. The molecule has 0 bridgehead atoms. The van der Waals surface area contributed by atoms with E-state index in [1.54, 1.807) is 0 Å². The van der Waals surface area contributed by atoms with Gasteiger partial charge in [-0.1, -0.05) is 38.2 Å². The van der Waals surface area contributed by atoms with Crippen LogP contribution in [0, 0.1) is 17.7 Å². The number of halogens is 4. The van der Waals surface area contributed by atoms with Crippen LogP contribution >= 0.6 is 0 Å². The number of hydrogen-bond donors (Lipinski definition) is 0. The van der Waals surface area contributed by atoms with Gasteiger partial charge in [0.1, 0.15) is 17.1 Å². The molecule has 0 radical (unpaired) electrons. The summed E-state index contributed by atoms with van der Waals surface area (Å²) in [7, 11) is 0. The van der Waals surface area contributed by atoms with Gasteiger partial charge in [0.05, 0.1) is 23.0 Å². The summed E-state index contributed by atoms with van der Waals surface area (Å²) >= 11 is 0. The topological polar surface area (TPSA) is 132 Å². The Hall–Kier alpha value is -7.01. The number of alkyl halides is 3. The van der Waals surface area contributed by atoms with E-state index in [-0.39, 0.29) is 44.9 Å². The van der Waals surface area contributed by atoms with Crippen LogP contribution in [0.5, 0.6) is 23.0 Å². The van der Waals surface area contributed by atoms with E-state index in [9.17, 15) is 24.0 Å². The Morgan fingerprint density at radius 3 is 1.47 bits per heavy atom. The summed E-state index contributed by atoms with van der Waals surface area (Å²) in [6.07, 6.45) is -4.87. The molecule has 3 aromatic carbocycles. The van der Waals surface area contributed by atoms with E-state index in [0.717, 1.165) is 20.8 Å². The van der Waals surface area contributed by atoms with Gasteiger partial charge in [0.15, 0.2) is 17.3 Å². The number of allylic oxidation sites excluding steroid dienone is 1. The van der Waals surface area contributed by atoms with Crippen molar-refractivity contribution < 1.29 is 65.2 Å². The Morgan fingerprint density at radius 2 is 1.04 bits per heavy atom. The number of ether oxygens (including phenoxy) is 5. The van der Waals surface area contributed by atoms with Crippen molar-refractivity contribution in [1.29, 1.82) is 0 Å². The molecule has 0 atom stereocenters. The molecule has 55 heavy (non-hydrogen) atoms. The zero-order valence-electron chi connectivity index (χ0n) is 30.1.